The highest BCUT2D eigenvalue weighted by molar-refractivity contribution is 7.88. The Morgan fingerprint density at radius 3 is 2.42 bits per heavy atom. The fourth-order valence-electron chi connectivity index (χ4n) is 5.16. The molecule has 186 valence electrons. The van der Waals surface area contributed by atoms with Gasteiger partial charge in [-0.25, -0.2) is 12.7 Å². The first kappa shape index (κ1) is 25.7. The zero-order chi connectivity index (χ0) is 24.3. The molecule has 0 saturated carbocycles. The highest BCUT2D eigenvalue weighted by Gasteiger charge is 2.58. The third-order valence-electron chi connectivity index (χ3n) is 6.74. The lowest BCUT2D eigenvalue weighted by molar-refractivity contribution is -0.129. The molecule has 0 aromatic carbocycles. The van der Waals surface area contributed by atoms with Crippen molar-refractivity contribution in [1.29, 1.82) is 0 Å². The Morgan fingerprint density at radius 1 is 1.24 bits per heavy atom. The van der Waals surface area contributed by atoms with Crippen molar-refractivity contribution in [3.05, 3.63) is 17.5 Å². The van der Waals surface area contributed by atoms with E-state index >= 15 is 0 Å². The molecule has 3 atom stereocenters. The first-order valence-electron chi connectivity index (χ1n) is 12.1. The number of amides is 2. The van der Waals surface area contributed by atoms with E-state index in [0.717, 1.165) is 49.3 Å². The average molecular weight is 483 g/mol. The third kappa shape index (κ3) is 5.42. The van der Waals surface area contributed by atoms with Crippen molar-refractivity contribution in [2.75, 3.05) is 25.9 Å². The van der Waals surface area contributed by atoms with Gasteiger partial charge in [0.2, 0.25) is 15.9 Å². The normalized spacial score (nSPS) is 23.2. The number of fused-ring (bicyclic) bond motifs is 1. The topological polar surface area (TPSA) is 104 Å². The summed E-state index contributed by atoms with van der Waals surface area (Å²) in [5.41, 5.74) is 0.212. The van der Waals surface area contributed by atoms with Gasteiger partial charge < -0.3 is 9.42 Å². The Labute approximate surface area is 197 Å². The fraction of sp³-hybridized carbons (Fsp3) is 0.783. The van der Waals surface area contributed by atoms with Gasteiger partial charge in [-0.1, -0.05) is 45.7 Å². The Hall–Kier alpha value is -1.94. The molecule has 2 aliphatic rings. The van der Waals surface area contributed by atoms with Crippen molar-refractivity contribution in [2.24, 2.45) is 11.8 Å². The number of likely N-dealkylation sites (tertiary alicyclic amines) is 1. The van der Waals surface area contributed by atoms with Crippen LogP contribution in [-0.2, 0) is 21.4 Å². The van der Waals surface area contributed by atoms with E-state index in [-0.39, 0.29) is 17.5 Å². The molecule has 0 spiro atoms. The van der Waals surface area contributed by atoms with Crippen LogP contribution in [0.2, 0.25) is 0 Å². The van der Waals surface area contributed by atoms with Gasteiger partial charge in [-0.05, 0) is 38.3 Å². The molecule has 2 aliphatic heterocycles. The summed E-state index contributed by atoms with van der Waals surface area (Å²) in [6, 6.07) is 0.690. The van der Waals surface area contributed by atoms with E-state index in [0.29, 0.717) is 25.3 Å². The van der Waals surface area contributed by atoms with Gasteiger partial charge in [-0.3, -0.25) is 14.5 Å². The second kappa shape index (κ2) is 10.5. The van der Waals surface area contributed by atoms with Gasteiger partial charge in [-0.15, -0.1) is 0 Å². The largest absolute Gasteiger partial charge is 0.359 e. The zero-order valence-electron chi connectivity index (χ0n) is 20.5. The summed E-state index contributed by atoms with van der Waals surface area (Å²) < 4.78 is 31.2. The first-order valence-corrected chi connectivity index (χ1v) is 14.0. The second-order valence-corrected chi connectivity index (χ2v) is 11.5. The third-order valence-corrected chi connectivity index (χ3v) is 7.91. The molecule has 1 aromatic heterocycles. The minimum absolute atomic E-state index is 0.0938. The molecule has 1 aromatic rings. The lowest BCUT2D eigenvalue weighted by Gasteiger charge is -2.28. The summed E-state index contributed by atoms with van der Waals surface area (Å²) in [4.78, 5) is 30.3. The molecule has 0 unspecified atom stereocenters. The standard InChI is InChI=1S/C23H38N4O5S/c1-6-8-11-25(12-9-7-2)15-17-14-18(24-32-17)22(28)26-13-10-19-21(26)20(16(3)4)23(29)27(19)33(5,30)31/h14,16,19-21H,6-13,15H2,1-5H3/t19-,20+,21-/m0/s1. The van der Waals surface area contributed by atoms with Crippen LogP contribution < -0.4 is 0 Å². The van der Waals surface area contributed by atoms with E-state index in [1.54, 1.807) is 11.0 Å². The van der Waals surface area contributed by atoms with Crippen molar-refractivity contribution in [2.45, 2.75) is 78.4 Å². The molecule has 0 radical (unpaired) electrons. The average Bonchev–Trinajstić information content (AvgIpc) is 3.42. The maximum absolute atomic E-state index is 13.4. The predicted octanol–water partition coefficient (Wildman–Crippen LogP) is 2.73. The SMILES string of the molecule is CCCCN(CCCC)Cc1cc(C(=O)N2CC[C@H]3[C@H]2[C@@H](C(C)C)C(=O)N3S(C)(=O)=O)no1. The van der Waals surface area contributed by atoms with E-state index in [2.05, 4.69) is 23.9 Å². The van der Waals surface area contributed by atoms with Crippen LogP contribution in [0.1, 0.15) is 76.0 Å². The fourth-order valence-corrected chi connectivity index (χ4v) is 6.33. The highest BCUT2D eigenvalue weighted by atomic mass is 32.2. The molecule has 33 heavy (non-hydrogen) atoms. The Balaban J connectivity index is 1.78. The molecular formula is C23H38N4O5S. The number of nitrogens with zero attached hydrogens (tertiary/aromatic N) is 4. The van der Waals surface area contributed by atoms with Gasteiger partial charge in [0.1, 0.15) is 0 Å². The Kier molecular flexibility index (Phi) is 8.21. The molecule has 9 nitrogen and oxygen atoms in total. The number of aromatic nitrogens is 1. The monoisotopic (exact) mass is 482 g/mol. The van der Waals surface area contributed by atoms with Gasteiger partial charge in [0, 0.05) is 12.6 Å². The van der Waals surface area contributed by atoms with Gasteiger partial charge >= 0.3 is 0 Å². The van der Waals surface area contributed by atoms with Gasteiger partial charge in [0.05, 0.1) is 30.8 Å². The van der Waals surface area contributed by atoms with Crippen molar-refractivity contribution in [1.82, 2.24) is 19.3 Å². The van der Waals surface area contributed by atoms with Crippen LogP contribution in [0.3, 0.4) is 0 Å². The number of sulfonamides is 1. The summed E-state index contributed by atoms with van der Waals surface area (Å²) in [6.45, 7) is 11.0. The molecule has 0 N–H and O–H groups in total. The summed E-state index contributed by atoms with van der Waals surface area (Å²) >= 11 is 0. The maximum atomic E-state index is 13.4. The zero-order valence-corrected chi connectivity index (χ0v) is 21.3. The number of hydrogen-bond donors (Lipinski definition) is 0. The molecule has 3 heterocycles. The quantitative estimate of drug-likeness (QED) is 0.478. The van der Waals surface area contributed by atoms with Crippen LogP contribution in [-0.4, -0.2) is 77.5 Å². The van der Waals surface area contributed by atoms with E-state index in [9.17, 15) is 18.0 Å². The summed E-state index contributed by atoms with van der Waals surface area (Å²) in [5.74, 6) is -0.727. The molecule has 2 fully saturated rings. The molecule has 2 amide bonds. The van der Waals surface area contributed by atoms with E-state index in [1.165, 1.54) is 0 Å². The van der Waals surface area contributed by atoms with Crippen LogP contribution in [0.15, 0.2) is 10.6 Å². The highest BCUT2D eigenvalue weighted by Crippen LogP contribution is 2.41. The maximum Gasteiger partial charge on any atom is 0.276 e. The summed E-state index contributed by atoms with van der Waals surface area (Å²) in [5, 5.41) is 4.04. The van der Waals surface area contributed by atoms with Crippen LogP contribution in [0.5, 0.6) is 0 Å². The van der Waals surface area contributed by atoms with Gasteiger partial charge in [-0.2, -0.15) is 0 Å². The van der Waals surface area contributed by atoms with Crippen LogP contribution in [0.25, 0.3) is 0 Å². The minimum atomic E-state index is -3.70. The summed E-state index contributed by atoms with van der Waals surface area (Å²) in [7, 11) is -3.70. The van der Waals surface area contributed by atoms with Crippen molar-refractivity contribution < 1.29 is 22.5 Å². The number of carbonyl (C=O) groups is 2. The Morgan fingerprint density at radius 2 is 1.88 bits per heavy atom. The molecule has 10 heteroatoms. The second-order valence-electron chi connectivity index (χ2n) is 9.67. The van der Waals surface area contributed by atoms with Crippen LogP contribution in [0.4, 0.5) is 0 Å². The van der Waals surface area contributed by atoms with Gasteiger partial charge in [0.15, 0.2) is 11.5 Å². The summed E-state index contributed by atoms with van der Waals surface area (Å²) in [6.07, 6.45) is 5.91. The van der Waals surface area contributed by atoms with Crippen LogP contribution in [0, 0.1) is 11.8 Å². The molecule has 0 aliphatic carbocycles. The minimum Gasteiger partial charge on any atom is -0.359 e. The number of carbonyl (C=O) groups excluding carboxylic acids is 2. The van der Waals surface area contributed by atoms with Crippen molar-refractivity contribution in [3.63, 3.8) is 0 Å². The van der Waals surface area contributed by atoms with Gasteiger partial charge in [0.25, 0.3) is 5.91 Å². The molecule has 3 rings (SSSR count). The van der Waals surface area contributed by atoms with E-state index in [4.69, 9.17) is 4.52 Å². The van der Waals surface area contributed by atoms with Crippen molar-refractivity contribution in [3.8, 4) is 0 Å². The van der Waals surface area contributed by atoms with Crippen LogP contribution >= 0.6 is 0 Å². The Bertz CT molecular complexity index is 936. The van der Waals surface area contributed by atoms with E-state index < -0.39 is 33.9 Å². The lowest BCUT2D eigenvalue weighted by atomic mass is 9.88. The predicted molar refractivity (Wildman–Crippen MR) is 125 cm³/mol. The molecular weight excluding hydrogens is 444 g/mol. The molecule has 0 bridgehead atoms. The number of unbranched alkanes of at least 4 members (excludes halogenated alkanes) is 2. The molecule has 2 saturated heterocycles. The smallest absolute Gasteiger partial charge is 0.276 e. The number of rotatable bonds is 11. The van der Waals surface area contributed by atoms with Crippen molar-refractivity contribution >= 4 is 21.8 Å². The lowest BCUT2D eigenvalue weighted by Crippen LogP contribution is -2.44. The first-order chi connectivity index (χ1) is 15.6. The number of hydrogen-bond acceptors (Lipinski definition) is 7. The van der Waals surface area contributed by atoms with E-state index in [1.807, 2.05) is 13.8 Å².